The Morgan fingerprint density at radius 2 is 1.81 bits per heavy atom. The normalized spacial score (nSPS) is 27.0. The highest BCUT2D eigenvalue weighted by molar-refractivity contribution is 4.76. The molecule has 0 saturated heterocycles. The monoisotopic (exact) mass is 241 g/mol. The fraction of sp³-hybridized carbons (Fsp3) is 1.00. The topological polar surface area (TPSA) is 44.5 Å². The number of hydrogen-bond acceptors (Lipinski definition) is 3. The summed E-state index contributed by atoms with van der Waals surface area (Å²) in [5.41, 5.74) is 5.58. The third-order valence-electron chi connectivity index (χ3n) is 2.82. The van der Waals surface area contributed by atoms with Crippen LogP contribution in [0.1, 0.15) is 25.7 Å². The molecule has 16 heavy (non-hydrogen) atoms. The lowest BCUT2D eigenvalue weighted by Gasteiger charge is -2.30. The van der Waals surface area contributed by atoms with E-state index in [9.17, 15) is 13.2 Å². The highest BCUT2D eigenvalue weighted by Gasteiger charge is 2.29. The van der Waals surface area contributed by atoms with Crippen LogP contribution in [0.4, 0.5) is 13.2 Å². The summed E-state index contributed by atoms with van der Waals surface area (Å²) < 4.78 is 44.0. The van der Waals surface area contributed by atoms with Crippen LogP contribution in [0.25, 0.3) is 0 Å². The van der Waals surface area contributed by atoms with Gasteiger partial charge in [0.15, 0.2) is 0 Å². The minimum atomic E-state index is -4.57. The Bertz CT molecular complexity index is 199. The zero-order valence-electron chi connectivity index (χ0n) is 9.13. The Hall–Kier alpha value is -0.330. The Labute approximate surface area is 93.1 Å². The first-order valence-electron chi connectivity index (χ1n) is 5.55. The molecule has 3 nitrogen and oxygen atoms in total. The number of hydrogen-bond donors (Lipinski definition) is 1. The van der Waals surface area contributed by atoms with Crippen molar-refractivity contribution in [2.45, 2.75) is 38.1 Å². The second kappa shape index (κ2) is 6.42. The van der Waals surface area contributed by atoms with Crippen molar-refractivity contribution in [1.82, 2.24) is 0 Å². The molecule has 1 aliphatic carbocycles. The van der Waals surface area contributed by atoms with Crippen molar-refractivity contribution in [3.05, 3.63) is 0 Å². The molecule has 1 saturated carbocycles. The molecule has 0 radical (unpaired) electrons. The van der Waals surface area contributed by atoms with Crippen LogP contribution in [-0.4, -0.2) is 32.2 Å². The van der Waals surface area contributed by atoms with Crippen molar-refractivity contribution in [1.29, 1.82) is 0 Å². The highest BCUT2D eigenvalue weighted by atomic mass is 19.4. The van der Waals surface area contributed by atoms with Crippen LogP contribution in [-0.2, 0) is 9.47 Å². The van der Waals surface area contributed by atoms with Crippen LogP contribution in [0.15, 0.2) is 0 Å². The first-order valence-corrected chi connectivity index (χ1v) is 5.55. The van der Waals surface area contributed by atoms with Gasteiger partial charge in [-0.05, 0) is 25.3 Å². The standard InChI is InChI=1S/C10H18F3NO2/c11-10(12,13)16-6-5-15-9-4-2-1-3-8(9)7-14/h8-9H,1-7,14H2. The zero-order valence-corrected chi connectivity index (χ0v) is 9.13. The first-order chi connectivity index (χ1) is 7.53. The second-order valence-electron chi connectivity index (χ2n) is 3.98. The maximum atomic E-state index is 11.7. The molecule has 0 heterocycles. The van der Waals surface area contributed by atoms with Gasteiger partial charge >= 0.3 is 6.36 Å². The van der Waals surface area contributed by atoms with Gasteiger partial charge in [0.1, 0.15) is 0 Å². The van der Waals surface area contributed by atoms with Gasteiger partial charge in [-0.1, -0.05) is 12.8 Å². The van der Waals surface area contributed by atoms with Gasteiger partial charge in [-0.25, -0.2) is 0 Å². The lowest BCUT2D eigenvalue weighted by Crippen LogP contribution is -2.34. The fourth-order valence-electron chi connectivity index (χ4n) is 2.02. The maximum Gasteiger partial charge on any atom is 0.522 e. The van der Waals surface area contributed by atoms with E-state index in [4.69, 9.17) is 10.5 Å². The quantitative estimate of drug-likeness (QED) is 0.749. The molecule has 96 valence electrons. The molecule has 0 aliphatic heterocycles. The molecule has 0 aromatic rings. The maximum absolute atomic E-state index is 11.7. The second-order valence-corrected chi connectivity index (χ2v) is 3.98. The number of ether oxygens (including phenoxy) is 2. The predicted octanol–water partition coefficient (Wildman–Crippen LogP) is 2.06. The van der Waals surface area contributed by atoms with E-state index in [1.165, 1.54) is 0 Å². The number of nitrogens with two attached hydrogens (primary N) is 1. The smallest absolute Gasteiger partial charge is 0.375 e. The highest BCUT2D eigenvalue weighted by Crippen LogP contribution is 2.26. The van der Waals surface area contributed by atoms with Crippen molar-refractivity contribution >= 4 is 0 Å². The van der Waals surface area contributed by atoms with Crippen molar-refractivity contribution in [2.75, 3.05) is 19.8 Å². The van der Waals surface area contributed by atoms with E-state index in [2.05, 4.69) is 4.74 Å². The molecule has 0 spiro atoms. The summed E-state index contributed by atoms with van der Waals surface area (Å²) in [6, 6.07) is 0. The molecule has 1 aliphatic rings. The molecule has 0 bridgehead atoms. The molecule has 1 rings (SSSR count). The largest absolute Gasteiger partial charge is 0.522 e. The summed E-state index contributed by atoms with van der Waals surface area (Å²) >= 11 is 0. The van der Waals surface area contributed by atoms with Crippen molar-refractivity contribution in [3.8, 4) is 0 Å². The van der Waals surface area contributed by atoms with Crippen LogP contribution in [0.2, 0.25) is 0 Å². The Balaban J connectivity index is 2.15. The number of alkyl halides is 3. The molecule has 2 unspecified atom stereocenters. The van der Waals surface area contributed by atoms with Gasteiger partial charge in [-0.15, -0.1) is 13.2 Å². The molecule has 0 amide bonds. The number of halogens is 3. The molecule has 2 N–H and O–H groups in total. The molecule has 1 fully saturated rings. The van der Waals surface area contributed by atoms with Crippen molar-refractivity contribution in [3.63, 3.8) is 0 Å². The average molecular weight is 241 g/mol. The lowest BCUT2D eigenvalue weighted by molar-refractivity contribution is -0.327. The SMILES string of the molecule is NCC1CCCCC1OCCOC(F)(F)F. The van der Waals surface area contributed by atoms with Crippen molar-refractivity contribution < 1.29 is 22.6 Å². The average Bonchev–Trinajstić information content (AvgIpc) is 2.23. The summed E-state index contributed by atoms with van der Waals surface area (Å²) in [7, 11) is 0. The summed E-state index contributed by atoms with van der Waals surface area (Å²) in [6.07, 6.45) is -0.504. The van der Waals surface area contributed by atoms with E-state index < -0.39 is 13.0 Å². The van der Waals surface area contributed by atoms with E-state index in [1.807, 2.05) is 0 Å². The third kappa shape index (κ3) is 5.14. The van der Waals surface area contributed by atoms with Gasteiger partial charge in [-0.3, -0.25) is 4.74 Å². The van der Waals surface area contributed by atoms with Gasteiger partial charge in [0, 0.05) is 0 Å². The van der Waals surface area contributed by atoms with E-state index in [1.54, 1.807) is 0 Å². The minimum absolute atomic E-state index is 0.00409. The van der Waals surface area contributed by atoms with Crippen LogP contribution in [0, 0.1) is 5.92 Å². The van der Waals surface area contributed by atoms with Gasteiger partial charge in [0.05, 0.1) is 19.3 Å². The van der Waals surface area contributed by atoms with Gasteiger partial charge in [0.2, 0.25) is 0 Å². The summed E-state index contributed by atoms with van der Waals surface area (Å²) in [6.45, 7) is 0.0583. The van der Waals surface area contributed by atoms with E-state index in [-0.39, 0.29) is 18.6 Å². The Kier molecular flexibility index (Phi) is 5.51. The van der Waals surface area contributed by atoms with Crippen LogP contribution in [0.5, 0.6) is 0 Å². The molecule has 0 aromatic heterocycles. The molecule has 0 aromatic carbocycles. The Morgan fingerprint density at radius 3 is 2.44 bits per heavy atom. The minimum Gasteiger partial charge on any atom is -0.375 e. The lowest BCUT2D eigenvalue weighted by atomic mass is 9.86. The fourth-order valence-corrected chi connectivity index (χ4v) is 2.02. The van der Waals surface area contributed by atoms with E-state index in [0.29, 0.717) is 6.54 Å². The zero-order chi connectivity index (χ0) is 12.0. The Morgan fingerprint density at radius 1 is 1.12 bits per heavy atom. The van der Waals surface area contributed by atoms with Crippen molar-refractivity contribution in [2.24, 2.45) is 11.7 Å². The van der Waals surface area contributed by atoms with E-state index >= 15 is 0 Å². The predicted molar refractivity (Wildman–Crippen MR) is 52.8 cm³/mol. The van der Waals surface area contributed by atoms with Crippen LogP contribution < -0.4 is 5.73 Å². The molecular formula is C10H18F3NO2. The molecule has 6 heteroatoms. The van der Waals surface area contributed by atoms with Gasteiger partial charge in [-0.2, -0.15) is 0 Å². The molecular weight excluding hydrogens is 223 g/mol. The van der Waals surface area contributed by atoms with Gasteiger partial charge in [0.25, 0.3) is 0 Å². The van der Waals surface area contributed by atoms with Crippen LogP contribution in [0.3, 0.4) is 0 Å². The third-order valence-corrected chi connectivity index (χ3v) is 2.82. The summed E-state index contributed by atoms with van der Waals surface area (Å²) in [5, 5.41) is 0. The van der Waals surface area contributed by atoms with E-state index in [0.717, 1.165) is 25.7 Å². The molecule has 2 atom stereocenters. The van der Waals surface area contributed by atoms with Crippen LogP contribution >= 0.6 is 0 Å². The van der Waals surface area contributed by atoms with Gasteiger partial charge < -0.3 is 10.5 Å². The summed E-state index contributed by atoms with van der Waals surface area (Å²) in [4.78, 5) is 0. The first kappa shape index (κ1) is 13.7. The summed E-state index contributed by atoms with van der Waals surface area (Å²) in [5.74, 6) is 0.277. The number of rotatable bonds is 5.